The molecule has 2 bridgehead atoms. The molecule has 446 valence electrons. The molecule has 86 heavy (non-hydrogen) atoms. The number of ether oxygens (including phenoxy) is 3. The van der Waals surface area contributed by atoms with Gasteiger partial charge >= 0.3 is 18.2 Å². The van der Waals surface area contributed by atoms with Crippen LogP contribution in [0.4, 0.5) is 29.9 Å². The van der Waals surface area contributed by atoms with Crippen LogP contribution in [0.1, 0.15) is 92.6 Å². The van der Waals surface area contributed by atoms with E-state index in [1.807, 2.05) is 28.9 Å². The van der Waals surface area contributed by atoms with E-state index >= 15 is 8.78 Å². The molecule has 11 heterocycles. The standard InChI is InChI=1S/C63H65F2N11O10/c1-4-42-45(64)12-8-36-6-5-7-44(50(36)42)53-52(65)54-51-55(73-31-40-10-13-47(76(40)61(81)82)46(73)19-25-84-57(51)67-53)69-60(68-54)86-33-63-20-16-41(75(63)28-34(2)27-63)32-85-62(83)71-23-24-72(35(3)29-71)58(79)37-17-21-70(22-18-37)39-9-11-43-38(26-39)30-74(59(43)80)48-14-15-49(77)66-56(48)78/h1,5-9,11-12,26,35,37,40-41,46-48H,2,10,13-25,27-33H2,3H3,(H,81,82)(H,66,77,78)/t35-,40-,41+,46-,47+,48?,63+/m1/s1. The summed E-state index contributed by atoms with van der Waals surface area (Å²) in [6, 6.07) is 11.4. The van der Waals surface area contributed by atoms with Gasteiger partial charge in [0.1, 0.15) is 47.5 Å². The lowest BCUT2D eigenvalue weighted by Crippen LogP contribution is -2.62. The van der Waals surface area contributed by atoms with Gasteiger partial charge in [-0.2, -0.15) is 9.97 Å². The van der Waals surface area contributed by atoms with Crippen LogP contribution in [0.15, 0.2) is 60.7 Å². The summed E-state index contributed by atoms with van der Waals surface area (Å²) in [6.07, 6.45) is 9.85. The first-order chi connectivity index (χ1) is 41.6. The highest BCUT2D eigenvalue weighted by Gasteiger charge is 2.53. The molecule has 0 radical (unpaired) electrons. The molecule has 9 aliphatic heterocycles. The van der Waals surface area contributed by atoms with Crippen LogP contribution in [0.25, 0.3) is 32.9 Å². The van der Waals surface area contributed by atoms with Gasteiger partial charge in [0.05, 0.1) is 35.8 Å². The largest absolute Gasteiger partial charge is 0.477 e. The number of halogens is 2. The maximum Gasteiger partial charge on any atom is 0.409 e. The smallest absolute Gasteiger partial charge is 0.409 e. The fourth-order valence-corrected chi connectivity index (χ4v) is 15.6. The fraction of sp³-hybridized carbons (Fsp3) is 0.476. The van der Waals surface area contributed by atoms with Gasteiger partial charge in [-0.15, -0.1) is 6.42 Å². The number of pyridine rings is 1. The van der Waals surface area contributed by atoms with Gasteiger partial charge in [-0.1, -0.05) is 42.3 Å². The number of anilines is 2. The molecule has 0 aliphatic carbocycles. The van der Waals surface area contributed by atoms with Gasteiger partial charge in [0, 0.05) is 105 Å². The lowest BCUT2D eigenvalue weighted by atomic mass is 9.93. The van der Waals surface area contributed by atoms with Crippen molar-refractivity contribution in [3.63, 3.8) is 0 Å². The summed E-state index contributed by atoms with van der Waals surface area (Å²) in [5.74, 6) is 0.270. The number of fused-ring (bicyclic) bond motifs is 8. The van der Waals surface area contributed by atoms with Gasteiger partial charge in [0.2, 0.25) is 23.6 Å². The summed E-state index contributed by atoms with van der Waals surface area (Å²) in [5.41, 5.74) is 2.66. The Labute approximate surface area is 494 Å². The fourth-order valence-electron chi connectivity index (χ4n) is 15.6. The van der Waals surface area contributed by atoms with E-state index in [0.717, 1.165) is 16.8 Å². The number of carbonyl (C=O) groups excluding carboxylic acids is 5. The lowest BCUT2D eigenvalue weighted by Gasteiger charge is -2.47. The minimum absolute atomic E-state index is 0.0387. The number of amides is 6. The number of aromatic nitrogens is 3. The molecule has 21 nitrogen and oxygen atoms in total. The summed E-state index contributed by atoms with van der Waals surface area (Å²) in [4.78, 5) is 106. The number of piperidine rings is 2. The van der Waals surface area contributed by atoms with Crippen molar-refractivity contribution < 1.29 is 56.9 Å². The van der Waals surface area contributed by atoms with E-state index in [4.69, 9.17) is 35.6 Å². The number of imide groups is 1. The van der Waals surface area contributed by atoms with Crippen molar-refractivity contribution in [2.75, 3.05) is 75.4 Å². The number of carbonyl (C=O) groups is 6. The van der Waals surface area contributed by atoms with Gasteiger partial charge in [-0.05, 0) is 93.5 Å². The van der Waals surface area contributed by atoms with Crippen LogP contribution >= 0.6 is 0 Å². The number of carboxylic acid groups (broad SMARTS) is 1. The van der Waals surface area contributed by atoms with Crippen molar-refractivity contribution in [3.8, 4) is 35.5 Å². The van der Waals surface area contributed by atoms with E-state index in [1.54, 1.807) is 40.1 Å². The zero-order valence-electron chi connectivity index (χ0n) is 47.6. The highest BCUT2D eigenvalue weighted by Crippen LogP contribution is 2.48. The predicted octanol–water partition coefficient (Wildman–Crippen LogP) is 6.48. The molecule has 0 spiro atoms. The second kappa shape index (κ2) is 21.4. The Morgan fingerprint density at radius 3 is 2.53 bits per heavy atom. The third kappa shape index (κ3) is 9.24. The first-order valence-electron chi connectivity index (χ1n) is 29.9. The number of nitrogens with zero attached hydrogens (tertiary/aromatic N) is 10. The second-order valence-corrected chi connectivity index (χ2v) is 24.6. The molecule has 2 aromatic heterocycles. The SMILES string of the molecule is C#Cc1c(F)ccc2cccc(-c3nc4c5c(nc(OC[C@@]67CC[C@@H](COC(=O)N8CCN(C(=O)C9CCN(c%10ccc%11c(c%10)CN(C%10CCC(=O)NC%10=O)C%11=O)CC9)[C@H](C)C8)N6CC(=C)C7)nc5c3F)N3C[C@H]5CC[C@@H]([C@H]3CCO4)N5C(=O)O)c12. The van der Waals surface area contributed by atoms with Crippen LogP contribution in [0.2, 0.25) is 0 Å². The molecule has 23 heteroatoms. The molecule has 2 N–H and O–H groups in total. The van der Waals surface area contributed by atoms with Gasteiger partial charge in [0.15, 0.2) is 5.82 Å². The average Bonchev–Trinajstić information content (AvgIpc) is 1.26. The minimum Gasteiger partial charge on any atom is -0.477 e. The third-order valence-electron chi connectivity index (χ3n) is 19.8. The zero-order chi connectivity index (χ0) is 59.4. The summed E-state index contributed by atoms with van der Waals surface area (Å²) in [5, 5.41) is 13.8. The normalized spacial score (nSPS) is 26.5. The molecule has 6 amide bonds. The van der Waals surface area contributed by atoms with Crippen LogP contribution < -0.4 is 24.6 Å². The molecule has 5 aromatic rings. The molecule has 7 fully saturated rings. The van der Waals surface area contributed by atoms with E-state index in [1.165, 1.54) is 11.0 Å². The Balaban J connectivity index is 0.638. The monoisotopic (exact) mass is 1170 g/mol. The topological polar surface area (TPSA) is 224 Å². The van der Waals surface area contributed by atoms with Crippen LogP contribution in [0.5, 0.6) is 11.9 Å². The number of terminal acetylenes is 1. The van der Waals surface area contributed by atoms with E-state index in [9.17, 15) is 33.9 Å². The summed E-state index contributed by atoms with van der Waals surface area (Å²) in [7, 11) is 0. The number of rotatable bonds is 9. The van der Waals surface area contributed by atoms with Gasteiger partial charge < -0.3 is 43.8 Å². The molecule has 1 unspecified atom stereocenters. The van der Waals surface area contributed by atoms with Crippen molar-refractivity contribution in [1.29, 1.82) is 0 Å². The number of piperazine rings is 2. The zero-order valence-corrected chi connectivity index (χ0v) is 47.6. The van der Waals surface area contributed by atoms with Crippen molar-refractivity contribution in [2.24, 2.45) is 5.92 Å². The minimum atomic E-state index is -0.995. The molecule has 3 aromatic carbocycles. The summed E-state index contributed by atoms with van der Waals surface area (Å²) < 4.78 is 52.2. The first-order valence-corrected chi connectivity index (χ1v) is 29.9. The highest BCUT2D eigenvalue weighted by atomic mass is 19.1. The van der Waals surface area contributed by atoms with Crippen LogP contribution in [0, 0.1) is 29.9 Å². The van der Waals surface area contributed by atoms with Crippen molar-refractivity contribution >= 4 is 69.0 Å². The van der Waals surface area contributed by atoms with Crippen molar-refractivity contribution in [2.45, 2.75) is 119 Å². The van der Waals surface area contributed by atoms with E-state index in [0.29, 0.717) is 132 Å². The molecule has 7 atom stereocenters. The maximum atomic E-state index is 17.7. The van der Waals surface area contributed by atoms with E-state index < -0.39 is 41.3 Å². The molecular formula is C63H65F2N11O10. The molecule has 0 saturated carbocycles. The second-order valence-electron chi connectivity index (χ2n) is 24.6. The third-order valence-corrected chi connectivity index (χ3v) is 19.8. The van der Waals surface area contributed by atoms with Gasteiger partial charge in [-0.25, -0.2) is 23.4 Å². The lowest BCUT2D eigenvalue weighted by molar-refractivity contribution is -0.140. The summed E-state index contributed by atoms with van der Waals surface area (Å²) >= 11 is 0. The molecule has 7 saturated heterocycles. The van der Waals surface area contributed by atoms with E-state index in [-0.39, 0.29) is 120 Å². The Morgan fingerprint density at radius 2 is 1.74 bits per heavy atom. The quantitative estimate of drug-likeness (QED) is 0.0916. The van der Waals surface area contributed by atoms with Crippen LogP contribution in [-0.2, 0) is 25.7 Å². The Morgan fingerprint density at radius 1 is 0.907 bits per heavy atom. The van der Waals surface area contributed by atoms with Gasteiger partial charge in [0.25, 0.3) is 5.91 Å². The number of nitrogens with one attached hydrogen (secondary N) is 1. The maximum absolute atomic E-state index is 17.7. The van der Waals surface area contributed by atoms with Crippen LogP contribution in [-0.4, -0.2) is 188 Å². The number of hydrogen-bond acceptors (Lipinski definition) is 15. The average molecular weight is 1170 g/mol. The highest BCUT2D eigenvalue weighted by molar-refractivity contribution is 6.06. The first kappa shape index (κ1) is 55.2. The Hall–Kier alpha value is -8.65. The molecule has 14 rings (SSSR count). The number of hydrogen-bond donors (Lipinski definition) is 2. The Kier molecular flexibility index (Phi) is 13.7. The van der Waals surface area contributed by atoms with Gasteiger partial charge in [-0.3, -0.25) is 34.3 Å². The van der Waals surface area contributed by atoms with Crippen LogP contribution in [0.3, 0.4) is 0 Å². The summed E-state index contributed by atoms with van der Waals surface area (Å²) in [6.45, 7) is 10.1. The van der Waals surface area contributed by atoms with Crippen molar-refractivity contribution in [1.82, 2.24) is 44.8 Å². The predicted molar refractivity (Wildman–Crippen MR) is 309 cm³/mol. The molecular weight excluding hydrogens is 1110 g/mol. The Bertz CT molecular complexity index is 3780. The van der Waals surface area contributed by atoms with E-state index in [2.05, 4.69) is 27.6 Å². The van der Waals surface area contributed by atoms with Crippen molar-refractivity contribution in [3.05, 3.63) is 89.0 Å². The number of benzene rings is 3. The molecule has 9 aliphatic rings.